The Morgan fingerprint density at radius 1 is 0.929 bits per heavy atom. The lowest BCUT2D eigenvalue weighted by Gasteiger charge is -2.16. The van der Waals surface area contributed by atoms with Crippen LogP contribution >= 0.6 is 0 Å². The van der Waals surface area contributed by atoms with Crippen LogP contribution in [-0.4, -0.2) is 31.2 Å². The summed E-state index contributed by atoms with van der Waals surface area (Å²) in [6.07, 6.45) is 1.67. The first-order valence-corrected chi connectivity index (χ1v) is 8.34. The Hall–Kier alpha value is -3.81. The molecule has 0 saturated heterocycles. The van der Waals surface area contributed by atoms with Gasteiger partial charge in [-0.1, -0.05) is 0 Å². The first-order valence-electron chi connectivity index (χ1n) is 8.34. The highest BCUT2D eigenvalue weighted by Crippen LogP contribution is 2.44. The molecule has 0 aliphatic carbocycles. The van der Waals surface area contributed by atoms with Crippen LogP contribution in [0.3, 0.4) is 0 Å². The maximum Gasteiger partial charge on any atom is 0.269 e. The van der Waals surface area contributed by atoms with Gasteiger partial charge in [-0.2, -0.15) is 0 Å². The van der Waals surface area contributed by atoms with Gasteiger partial charge in [-0.05, 0) is 42.0 Å². The minimum absolute atomic E-state index is 0.0299. The number of rotatable bonds is 7. The van der Waals surface area contributed by atoms with Crippen molar-refractivity contribution in [2.24, 2.45) is 0 Å². The smallest absolute Gasteiger partial charge is 0.269 e. The van der Waals surface area contributed by atoms with Gasteiger partial charge in [-0.25, -0.2) is 4.98 Å². The quantitative estimate of drug-likeness (QED) is 0.478. The average Bonchev–Trinajstić information content (AvgIpc) is 2.73. The van der Waals surface area contributed by atoms with Gasteiger partial charge in [0.1, 0.15) is 5.82 Å². The highest BCUT2D eigenvalue weighted by atomic mass is 16.6. The van der Waals surface area contributed by atoms with Crippen molar-refractivity contribution in [1.29, 1.82) is 0 Å². The molecule has 3 aromatic rings. The molecule has 3 rings (SSSR count). The van der Waals surface area contributed by atoms with Crippen LogP contribution in [0.15, 0.2) is 54.7 Å². The Morgan fingerprint density at radius 2 is 1.64 bits per heavy atom. The molecule has 8 heteroatoms. The van der Waals surface area contributed by atoms with Crippen molar-refractivity contribution in [3.63, 3.8) is 0 Å². The van der Waals surface area contributed by atoms with Crippen LogP contribution in [0.4, 0.5) is 17.2 Å². The number of hydrogen-bond acceptors (Lipinski definition) is 7. The number of hydrogen-bond donors (Lipinski definition) is 1. The van der Waals surface area contributed by atoms with Gasteiger partial charge in [0, 0.05) is 29.6 Å². The third kappa shape index (κ3) is 3.80. The number of methoxy groups -OCH3 is 3. The number of pyridine rings is 1. The van der Waals surface area contributed by atoms with Crippen molar-refractivity contribution < 1.29 is 19.1 Å². The van der Waals surface area contributed by atoms with Gasteiger partial charge >= 0.3 is 0 Å². The summed E-state index contributed by atoms with van der Waals surface area (Å²) in [6.45, 7) is 0. The zero-order chi connectivity index (χ0) is 20.1. The Labute approximate surface area is 161 Å². The number of aromatic nitrogens is 1. The van der Waals surface area contributed by atoms with Crippen LogP contribution in [0, 0.1) is 10.1 Å². The number of non-ortho nitro benzene ring substituents is 1. The van der Waals surface area contributed by atoms with Crippen LogP contribution < -0.4 is 19.5 Å². The van der Waals surface area contributed by atoms with E-state index in [0.29, 0.717) is 28.8 Å². The van der Waals surface area contributed by atoms with E-state index in [9.17, 15) is 10.1 Å². The molecule has 2 aromatic carbocycles. The average molecular weight is 381 g/mol. The molecule has 144 valence electrons. The molecular formula is C20H19N3O5. The van der Waals surface area contributed by atoms with E-state index in [2.05, 4.69) is 10.3 Å². The van der Waals surface area contributed by atoms with Crippen LogP contribution in [0.2, 0.25) is 0 Å². The Bertz CT molecular complexity index is 990. The number of nitrogens with one attached hydrogen (secondary N) is 1. The van der Waals surface area contributed by atoms with E-state index in [1.165, 1.54) is 12.1 Å². The second-order valence-corrected chi connectivity index (χ2v) is 5.74. The fourth-order valence-corrected chi connectivity index (χ4v) is 2.81. The standard InChI is InChI=1S/C20H19N3O5/c1-26-17-9-8-16(19(27-2)20(17)28-3)13-10-11-21-18(12-13)22-14-4-6-15(7-5-14)23(24)25/h4-12H,1-3H3,(H,21,22). The Kier molecular flexibility index (Phi) is 5.59. The summed E-state index contributed by atoms with van der Waals surface area (Å²) >= 11 is 0. The molecule has 0 saturated carbocycles. The Balaban J connectivity index is 1.94. The molecule has 0 fully saturated rings. The molecule has 1 aromatic heterocycles. The zero-order valence-corrected chi connectivity index (χ0v) is 15.6. The molecule has 0 amide bonds. The maximum absolute atomic E-state index is 10.8. The molecule has 0 radical (unpaired) electrons. The van der Waals surface area contributed by atoms with E-state index in [-0.39, 0.29) is 5.69 Å². The van der Waals surface area contributed by atoms with Crippen molar-refractivity contribution >= 4 is 17.2 Å². The lowest BCUT2D eigenvalue weighted by molar-refractivity contribution is -0.384. The largest absolute Gasteiger partial charge is 0.493 e. The van der Waals surface area contributed by atoms with E-state index in [1.54, 1.807) is 45.7 Å². The summed E-state index contributed by atoms with van der Waals surface area (Å²) < 4.78 is 16.3. The van der Waals surface area contributed by atoms with Crippen LogP contribution in [0.1, 0.15) is 0 Å². The summed E-state index contributed by atoms with van der Waals surface area (Å²) in [6, 6.07) is 13.5. The molecule has 1 N–H and O–H groups in total. The lowest BCUT2D eigenvalue weighted by Crippen LogP contribution is -1.98. The SMILES string of the molecule is COc1ccc(-c2ccnc(Nc3ccc([N+](=O)[O-])cc3)c2)c(OC)c1OC. The summed E-state index contributed by atoms with van der Waals surface area (Å²) in [5.41, 5.74) is 2.39. The number of ether oxygens (including phenoxy) is 3. The van der Waals surface area contributed by atoms with E-state index in [1.807, 2.05) is 18.2 Å². The van der Waals surface area contributed by atoms with Crippen LogP contribution in [0.25, 0.3) is 11.1 Å². The minimum Gasteiger partial charge on any atom is -0.493 e. The summed E-state index contributed by atoms with van der Waals surface area (Å²) in [5.74, 6) is 2.21. The third-order valence-corrected chi connectivity index (χ3v) is 4.13. The lowest BCUT2D eigenvalue weighted by atomic mass is 10.0. The minimum atomic E-state index is -0.438. The molecule has 8 nitrogen and oxygen atoms in total. The number of nitro benzene ring substituents is 1. The molecule has 28 heavy (non-hydrogen) atoms. The summed E-state index contributed by atoms with van der Waals surface area (Å²) in [5, 5.41) is 13.9. The number of nitro groups is 1. The number of nitrogens with zero attached hydrogens (tertiary/aromatic N) is 2. The van der Waals surface area contributed by atoms with Crippen molar-refractivity contribution in [1.82, 2.24) is 4.98 Å². The molecule has 0 bridgehead atoms. The van der Waals surface area contributed by atoms with Crippen LogP contribution in [-0.2, 0) is 0 Å². The van der Waals surface area contributed by atoms with Crippen molar-refractivity contribution in [2.75, 3.05) is 26.6 Å². The molecule has 0 unspecified atom stereocenters. The maximum atomic E-state index is 10.8. The number of benzene rings is 2. The topological polar surface area (TPSA) is 95.8 Å². The summed E-state index contributed by atoms with van der Waals surface area (Å²) in [4.78, 5) is 14.6. The van der Waals surface area contributed by atoms with Crippen molar-refractivity contribution in [2.45, 2.75) is 0 Å². The molecule has 0 aliphatic heterocycles. The predicted octanol–water partition coefficient (Wildman–Crippen LogP) is 4.43. The van der Waals surface area contributed by atoms with E-state index in [0.717, 1.165) is 11.1 Å². The molecule has 0 spiro atoms. The van der Waals surface area contributed by atoms with Gasteiger partial charge in [0.15, 0.2) is 11.5 Å². The number of anilines is 2. The molecule has 1 heterocycles. The normalized spacial score (nSPS) is 10.2. The van der Waals surface area contributed by atoms with E-state index in [4.69, 9.17) is 14.2 Å². The first kappa shape index (κ1) is 19.0. The zero-order valence-electron chi connectivity index (χ0n) is 15.6. The van der Waals surface area contributed by atoms with Gasteiger partial charge in [0.05, 0.1) is 26.3 Å². The predicted molar refractivity (Wildman–Crippen MR) is 106 cm³/mol. The van der Waals surface area contributed by atoms with Gasteiger partial charge in [-0.15, -0.1) is 0 Å². The van der Waals surface area contributed by atoms with E-state index >= 15 is 0 Å². The highest BCUT2D eigenvalue weighted by molar-refractivity contribution is 5.78. The molecular weight excluding hydrogens is 362 g/mol. The van der Waals surface area contributed by atoms with E-state index < -0.39 is 4.92 Å². The second-order valence-electron chi connectivity index (χ2n) is 5.74. The summed E-state index contributed by atoms with van der Waals surface area (Å²) in [7, 11) is 4.69. The van der Waals surface area contributed by atoms with Crippen LogP contribution in [0.5, 0.6) is 17.2 Å². The Morgan fingerprint density at radius 3 is 2.25 bits per heavy atom. The first-order chi connectivity index (χ1) is 13.6. The molecule has 0 atom stereocenters. The monoisotopic (exact) mass is 381 g/mol. The van der Waals surface area contributed by atoms with Crippen molar-refractivity contribution in [3.8, 4) is 28.4 Å². The fourth-order valence-electron chi connectivity index (χ4n) is 2.81. The highest BCUT2D eigenvalue weighted by Gasteiger charge is 2.17. The van der Waals surface area contributed by atoms with Gasteiger partial charge in [0.2, 0.25) is 5.75 Å². The fraction of sp³-hybridized carbons (Fsp3) is 0.150. The van der Waals surface area contributed by atoms with Gasteiger partial charge in [0.25, 0.3) is 5.69 Å². The van der Waals surface area contributed by atoms with Gasteiger partial charge in [-0.3, -0.25) is 10.1 Å². The second kappa shape index (κ2) is 8.26. The molecule has 0 aliphatic rings. The van der Waals surface area contributed by atoms with Gasteiger partial charge < -0.3 is 19.5 Å². The third-order valence-electron chi connectivity index (χ3n) is 4.13. The van der Waals surface area contributed by atoms with Crippen molar-refractivity contribution in [3.05, 3.63) is 64.8 Å².